The van der Waals surface area contributed by atoms with Crippen LogP contribution in [0.4, 0.5) is 5.69 Å². The number of amides is 2. The van der Waals surface area contributed by atoms with Crippen molar-refractivity contribution in [3.05, 3.63) is 77.6 Å². The van der Waals surface area contributed by atoms with Crippen LogP contribution in [0.1, 0.15) is 61.6 Å². The summed E-state index contributed by atoms with van der Waals surface area (Å²) in [6.45, 7) is 1.69. The van der Waals surface area contributed by atoms with Crippen LogP contribution in [0.3, 0.4) is 0 Å². The lowest BCUT2D eigenvalue weighted by atomic mass is 9.91. The number of benzene rings is 2. The van der Waals surface area contributed by atoms with E-state index in [1.54, 1.807) is 13.3 Å². The summed E-state index contributed by atoms with van der Waals surface area (Å²) < 4.78 is 11.4. The van der Waals surface area contributed by atoms with Crippen molar-refractivity contribution in [1.29, 1.82) is 0 Å². The molecular weight excluding hydrogens is 514 g/mol. The molecule has 2 amide bonds. The zero-order valence-electron chi connectivity index (χ0n) is 24.1. The number of aryl methyl sites for hydroxylation is 1. The lowest BCUT2D eigenvalue weighted by Gasteiger charge is -2.30. The Bertz CT molecular complexity index is 1330. The highest BCUT2D eigenvalue weighted by Gasteiger charge is 2.24. The fraction of sp³-hybridized carbons (Fsp3) is 0.441. The minimum absolute atomic E-state index is 0.000399. The van der Waals surface area contributed by atoms with E-state index in [0.29, 0.717) is 19.6 Å². The van der Waals surface area contributed by atoms with Crippen LogP contribution in [0.25, 0.3) is 11.1 Å². The van der Waals surface area contributed by atoms with Gasteiger partial charge in [-0.3, -0.25) is 14.6 Å². The molecule has 7 heteroatoms. The maximum absolute atomic E-state index is 13.7. The molecule has 3 aromatic rings. The Morgan fingerprint density at radius 1 is 0.805 bits per heavy atom. The Balaban J connectivity index is 1.44. The van der Waals surface area contributed by atoms with E-state index in [2.05, 4.69) is 17.1 Å². The maximum Gasteiger partial charge on any atom is 0.260 e. The second-order valence-corrected chi connectivity index (χ2v) is 11.0. The number of fused-ring (bicyclic) bond motifs is 2. The number of anilines is 1. The van der Waals surface area contributed by atoms with Gasteiger partial charge in [-0.2, -0.15) is 0 Å². The summed E-state index contributed by atoms with van der Waals surface area (Å²) in [5.74, 6) is 0.721. The summed E-state index contributed by atoms with van der Waals surface area (Å²) >= 11 is 0. The Morgan fingerprint density at radius 2 is 1.63 bits per heavy atom. The Labute approximate surface area is 243 Å². The largest absolute Gasteiger partial charge is 0.483 e. The van der Waals surface area contributed by atoms with Crippen LogP contribution in [0.15, 0.2) is 60.9 Å². The van der Waals surface area contributed by atoms with Crippen LogP contribution in [-0.4, -0.2) is 55.1 Å². The van der Waals surface area contributed by atoms with Gasteiger partial charge in [-0.05, 0) is 90.6 Å². The van der Waals surface area contributed by atoms with Gasteiger partial charge in [0.15, 0.2) is 6.61 Å². The molecule has 7 nitrogen and oxygen atoms in total. The van der Waals surface area contributed by atoms with Gasteiger partial charge in [0, 0.05) is 44.8 Å². The van der Waals surface area contributed by atoms with Gasteiger partial charge in [0.25, 0.3) is 11.8 Å². The fourth-order valence-corrected chi connectivity index (χ4v) is 5.98. The summed E-state index contributed by atoms with van der Waals surface area (Å²) in [5, 5.41) is 0. The van der Waals surface area contributed by atoms with Crippen molar-refractivity contribution in [2.75, 3.05) is 38.3 Å². The second-order valence-electron chi connectivity index (χ2n) is 11.0. The van der Waals surface area contributed by atoms with Crippen molar-refractivity contribution in [3.8, 4) is 16.9 Å². The number of nitrogens with zero attached hydrogens (tertiary/aromatic N) is 3. The molecule has 0 N–H and O–H groups in total. The molecule has 1 aliphatic carbocycles. The number of hydrogen-bond donors (Lipinski definition) is 0. The third-order valence-corrected chi connectivity index (χ3v) is 8.16. The van der Waals surface area contributed by atoms with Gasteiger partial charge < -0.3 is 19.3 Å². The molecule has 216 valence electrons. The number of carbonyl (C=O) groups is 2. The lowest BCUT2D eigenvalue weighted by molar-refractivity contribution is -0.134. The molecule has 0 saturated carbocycles. The topological polar surface area (TPSA) is 72.0 Å². The zero-order valence-corrected chi connectivity index (χ0v) is 24.1. The summed E-state index contributed by atoms with van der Waals surface area (Å²) in [4.78, 5) is 35.0. The van der Waals surface area contributed by atoms with Gasteiger partial charge in [-0.25, -0.2) is 0 Å². The molecule has 2 aromatic carbocycles. The van der Waals surface area contributed by atoms with E-state index in [4.69, 9.17) is 9.47 Å². The van der Waals surface area contributed by atoms with Crippen molar-refractivity contribution in [3.63, 3.8) is 0 Å². The molecule has 0 fully saturated rings. The van der Waals surface area contributed by atoms with E-state index >= 15 is 0 Å². The highest BCUT2D eigenvalue weighted by atomic mass is 16.5. The van der Waals surface area contributed by atoms with Crippen molar-refractivity contribution >= 4 is 17.5 Å². The standard InChI is InChI=1S/C34H41N3O4/c1-40-24-34(39)37-20-8-4-2-3-7-19-36(23-29-21-27(16-17-31(29)37)28-13-10-18-35-22-28)33(38)25-41-32-15-9-12-26-11-5-6-14-30(26)32/h9-10,12-13,15-18,21-22H,2-8,11,14,19-20,23-25H2,1H3. The van der Waals surface area contributed by atoms with Gasteiger partial charge in [-0.15, -0.1) is 0 Å². The van der Waals surface area contributed by atoms with E-state index in [-0.39, 0.29) is 25.0 Å². The van der Waals surface area contributed by atoms with Crippen LogP contribution >= 0.6 is 0 Å². The van der Waals surface area contributed by atoms with Crippen molar-refractivity contribution in [2.45, 2.75) is 64.3 Å². The van der Waals surface area contributed by atoms with Crippen molar-refractivity contribution in [2.24, 2.45) is 0 Å². The quantitative estimate of drug-likeness (QED) is 0.374. The van der Waals surface area contributed by atoms with E-state index in [9.17, 15) is 9.59 Å². The highest BCUT2D eigenvalue weighted by molar-refractivity contribution is 5.95. The highest BCUT2D eigenvalue weighted by Crippen LogP contribution is 2.31. The van der Waals surface area contributed by atoms with E-state index in [1.165, 1.54) is 17.5 Å². The molecule has 1 aliphatic heterocycles. The molecule has 2 heterocycles. The number of aromatic nitrogens is 1. The molecular formula is C34H41N3O4. The van der Waals surface area contributed by atoms with Crippen molar-refractivity contribution < 1.29 is 19.1 Å². The molecule has 0 radical (unpaired) electrons. The van der Waals surface area contributed by atoms with Crippen LogP contribution in [0.2, 0.25) is 0 Å². The van der Waals surface area contributed by atoms with Gasteiger partial charge in [0.1, 0.15) is 12.4 Å². The average molecular weight is 556 g/mol. The number of rotatable bonds is 6. The molecule has 0 unspecified atom stereocenters. The van der Waals surface area contributed by atoms with Gasteiger partial charge >= 0.3 is 0 Å². The second kappa shape index (κ2) is 14.3. The Morgan fingerprint density at radius 3 is 2.46 bits per heavy atom. The first-order valence-corrected chi connectivity index (χ1v) is 15.0. The third kappa shape index (κ3) is 7.33. The van der Waals surface area contributed by atoms with Crippen molar-refractivity contribution in [1.82, 2.24) is 9.88 Å². The summed E-state index contributed by atoms with van der Waals surface area (Å²) in [7, 11) is 1.55. The SMILES string of the molecule is COCC(=O)N1CCCCCCCN(C(=O)COc2cccc3c2CCCC3)Cc2cc(-c3cccnc3)ccc21. The summed E-state index contributed by atoms with van der Waals surface area (Å²) in [6.07, 6.45) is 13.0. The maximum atomic E-state index is 13.7. The van der Waals surface area contributed by atoms with Crippen LogP contribution in [-0.2, 0) is 33.7 Å². The molecule has 0 spiro atoms. The first-order chi connectivity index (χ1) is 20.1. The number of ether oxygens (including phenoxy) is 2. The third-order valence-electron chi connectivity index (χ3n) is 8.16. The van der Waals surface area contributed by atoms with Gasteiger partial charge in [0.05, 0.1) is 0 Å². The minimum atomic E-state index is -0.0741. The molecule has 41 heavy (non-hydrogen) atoms. The number of pyridine rings is 1. The first-order valence-electron chi connectivity index (χ1n) is 15.0. The van der Waals surface area contributed by atoms with Crippen LogP contribution < -0.4 is 9.64 Å². The van der Waals surface area contributed by atoms with E-state index in [1.807, 2.05) is 52.4 Å². The Hall–Kier alpha value is -3.71. The molecule has 0 atom stereocenters. The van der Waals surface area contributed by atoms with E-state index in [0.717, 1.165) is 79.5 Å². The average Bonchev–Trinajstić information content (AvgIpc) is 3.00. The first kappa shape index (κ1) is 28.8. The smallest absolute Gasteiger partial charge is 0.260 e. The monoisotopic (exact) mass is 555 g/mol. The molecule has 1 aromatic heterocycles. The summed E-state index contributed by atoms with van der Waals surface area (Å²) in [5.41, 5.74) is 6.34. The van der Waals surface area contributed by atoms with Gasteiger partial charge in [0.2, 0.25) is 0 Å². The van der Waals surface area contributed by atoms with Crippen LogP contribution in [0.5, 0.6) is 5.75 Å². The normalized spacial score (nSPS) is 16.1. The predicted molar refractivity (Wildman–Crippen MR) is 161 cm³/mol. The summed E-state index contributed by atoms with van der Waals surface area (Å²) in [6, 6.07) is 16.3. The number of hydrogen-bond acceptors (Lipinski definition) is 5. The molecule has 2 aliphatic rings. The molecule has 0 saturated heterocycles. The predicted octanol–water partition coefficient (Wildman–Crippen LogP) is 5.98. The van der Waals surface area contributed by atoms with Crippen LogP contribution in [0, 0.1) is 0 Å². The molecule has 0 bridgehead atoms. The number of methoxy groups -OCH3 is 1. The number of carbonyl (C=O) groups excluding carboxylic acids is 2. The van der Waals surface area contributed by atoms with E-state index < -0.39 is 0 Å². The zero-order chi connectivity index (χ0) is 28.4. The molecule has 5 rings (SSSR count). The minimum Gasteiger partial charge on any atom is -0.483 e. The van der Waals surface area contributed by atoms with Gasteiger partial charge in [-0.1, -0.05) is 43.5 Å². The Kier molecular flexibility index (Phi) is 10.0. The lowest BCUT2D eigenvalue weighted by Crippen LogP contribution is -2.38. The fourth-order valence-electron chi connectivity index (χ4n) is 5.98.